The van der Waals surface area contributed by atoms with Crippen LogP contribution in [-0.4, -0.2) is 60.0 Å². The quantitative estimate of drug-likeness (QED) is 0.366. The van der Waals surface area contributed by atoms with Crippen molar-refractivity contribution >= 4 is 21.8 Å². The molecule has 2 aromatic rings. The summed E-state index contributed by atoms with van der Waals surface area (Å²) in [6, 6.07) is 7.21. The number of ether oxygens (including phenoxy) is 1. The van der Waals surface area contributed by atoms with Crippen LogP contribution in [0.4, 0.5) is 0 Å². The summed E-state index contributed by atoms with van der Waals surface area (Å²) in [4.78, 5) is 0.284. The summed E-state index contributed by atoms with van der Waals surface area (Å²) in [5, 5.41) is 9.66. The van der Waals surface area contributed by atoms with Crippen molar-refractivity contribution in [1.29, 1.82) is 0 Å². The van der Waals surface area contributed by atoms with Gasteiger partial charge in [-0.3, -0.25) is 4.57 Å². The molecule has 1 unspecified atom stereocenters. The van der Waals surface area contributed by atoms with Gasteiger partial charge < -0.3 is 4.74 Å². The first-order chi connectivity index (χ1) is 13.9. The third-order valence-electron chi connectivity index (χ3n) is 4.86. The van der Waals surface area contributed by atoms with E-state index in [4.69, 9.17) is 4.74 Å². The number of methoxy groups -OCH3 is 1. The van der Waals surface area contributed by atoms with E-state index in [2.05, 4.69) is 28.6 Å². The summed E-state index contributed by atoms with van der Waals surface area (Å²) in [6.07, 6.45) is 1.86. The lowest BCUT2D eigenvalue weighted by Gasteiger charge is -2.19. The van der Waals surface area contributed by atoms with Gasteiger partial charge in [-0.15, -0.1) is 10.2 Å². The predicted octanol–water partition coefficient (Wildman–Crippen LogP) is 4.08. The van der Waals surface area contributed by atoms with Gasteiger partial charge in [0.05, 0.1) is 4.90 Å². The number of hydrogen-bond donors (Lipinski definition) is 0. The second kappa shape index (κ2) is 11.1. The second-order valence-corrected chi connectivity index (χ2v) is 9.75. The molecule has 1 aromatic carbocycles. The highest BCUT2D eigenvalue weighted by atomic mass is 32.2. The highest BCUT2D eigenvalue weighted by Crippen LogP contribution is 2.30. The molecule has 0 N–H and O–H groups in total. The number of nitrogens with zero attached hydrogens (tertiary/aromatic N) is 4. The van der Waals surface area contributed by atoms with Gasteiger partial charge in [0.2, 0.25) is 10.0 Å². The van der Waals surface area contributed by atoms with E-state index in [-0.39, 0.29) is 10.9 Å². The Bertz CT molecular complexity index is 880. The average molecular weight is 441 g/mol. The van der Waals surface area contributed by atoms with E-state index < -0.39 is 10.0 Å². The standard InChI is InChI=1S/C20H32N4O3S2/c1-6-16(4)24-19(21-22-20(24)28-14-10-13-27-5)17-11-9-12-18(15-17)29(25,26)23(7-2)8-3/h9,11-12,15-16H,6-8,10,13-14H2,1-5H3. The molecule has 162 valence electrons. The molecule has 1 aromatic heterocycles. The van der Waals surface area contributed by atoms with Gasteiger partial charge in [0.15, 0.2) is 11.0 Å². The van der Waals surface area contributed by atoms with Crippen molar-refractivity contribution in [3.63, 3.8) is 0 Å². The fourth-order valence-corrected chi connectivity index (χ4v) is 5.48. The minimum Gasteiger partial charge on any atom is -0.385 e. The predicted molar refractivity (Wildman–Crippen MR) is 118 cm³/mol. The summed E-state index contributed by atoms with van der Waals surface area (Å²) in [5.74, 6) is 1.59. The van der Waals surface area contributed by atoms with Gasteiger partial charge in [0, 0.05) is 44.2 Å². The van der Waals surface area contributed by atoms with Crippen LogP contribution in [0.3, 0.4) is 0 Å². The molecule has 29 heavy (non-hydrogen) atoms. The number of sulfonamides is 1. The Morgan fingerprint density at radius 3 is 2.55 bits per heavy atom. The summed E-state index contributed by atoms with van der Waals surface area (Å²) in [6.45, 7) is 9.53. The van der Waals surface area contributed by atoms with Crippen LogP contribution in [0.25, 0.3) is 11.4 Å². The van der Waals surface area contributed by atoms with Crippen LogP contribution in [0, 0.1) is 0 Å². The van der Waals surface area contributed by atoms with E-state index in [0.717, 1.165) is 29.3 Å². The molecule has 0 saturated carbocycles. The zero-order valence-electron chi connectivity index (χ0n) is 18.0. The van der Waals surface area contributed by atoms with Crippen molar-refractivity contribution in [1.82, 2.24) is 19.1 Å². The topological polar surface area (TPSA) is 77.3 Å². The fraction of sp³-hybridized carbons (Fsp3) is 0.600. The van der Waals surface area contributed by atoms with Crippen LogP contribution in [0.1, 0.15) is 46.6 Å². The van der Waals surface area contributed by atoms with Gasteiger partial charge in [-0.1, -0.05) is 44.7 Å². The van der Waals surface area contributed by atoms with Gasteiger partial charge in [-0.05, 0) is 31.9 Å². The molecule has 0 fully saturated rings. The van der Waals surface area contributed by atoms with E-state index in [1.165, 1.54) is 4.31 Å². The molecule has 0 amide bonds. The monoisotopic (exact) mass is 440 g/mol. The summed E-state index contributed by atoms with van der Waals surface area (Å²) in [7, 11) is -1.83. The Balaban J connectivity index is 2.43. The molecule has 7 nitrogen and oxygen atoms in total. The molecule has 9 heteroatoms. The molecule has 1 atom stereocenters. The zero-order valence-corrected chi connectivity index (χ0v) is 19.6. The number of hydrogen-bond acceptors (Lipinski definition) is 6. The Kier molecular flexibility index (Phi) is 9.13. The maximum atomic E-state index is 12.9. The largest absolute Gasteiger partial charge is 0.385 e. The molecule has 0 aliphatic heterocycles. The highest BCUT2D eigenvalue weighted by molar-refractivity contribution is 7.99. The van der Waals surface area contributed by atoms with Crippen molar-refractivity contribution in [2.45, 2.75) is 56.6 Å². The van der Waals surface area contributed by atoms with Crippen molar-refractivity contribution in [3.8, 4) is 11.4 Å². The van der Waals surface area contributed by atoms with Gasteiger partial charge >= 0.3 is 0 Å². The molecule has 1 heterocycles. The number of rotatable bonds is 12. The molecular formula is C20H32N4O3S2. The van der Waals surface area contributed by atoms with Crippen molar-refractivity contribution < 1.29 is 13.2 Å². The molecule has 0 spiro atoms. The SMILES string of the molecule is CCC(C)n1c(SCCCOC)nnc1-c1cccc(S(=O)(=O)N(CC)CC)c1. The van der Waals surface area contributed by atoms with E-state index in [0.29, 0.717) is 25.5 Å². The Hall–Kier alpha value is -1.42. The van der Waals surface area contributed by atoms with Crippen LogP contribution >= 0.6 is 11.8 Å². The summed E-state index contributed by atoms with van der Waals surface area (Å²) in [5.41, 5.74) is 0.759. The Labute approximate surface area is 178 Å². The third kappa shape index (κ3) is 5.59. The highest BCUT2D eigenvalue weighted by Gasteiger charge is 2.24. The average Bonchev–Trinajstić information content (AvgIpc) is 3.15. The maximum absolute atomic E-state index is 12.9. The molecule has 0 aliphatic rings. The van der Waals surface area contributed by atoms with E-state index >= 15 is 0 Å². The normalized spacial score (nSPS) is 13.2. The third-order valence-corrected chi connectivity index (χ3v) is 7.93. The van der Waals surface area contributed by atoms with Crippen LogP contribution in [0.5, 0.6) is 0 Å². The Morgan fingerprint density at radius 2 is 1.93 bits per heavy atom. The first kappa shape index (κ1) is 23.9. The molecule has 0 radical (unpaired) electrons. The Morgan fingerprint density at radius 1 is 1.21 bits per heavy atom. The molecule has 2 rings (SSSR count). The molecule has 0 aliphatic carbocycles. The lowest BCUT2D eigenvalue weighted by atomic mass is 10.2. The lowest BCUT2D eigenvalue weighted by Crippen LogP contribution is -2.30. The molecule has 0 bridgehead atoms. The summed E-state index contributed by atoms with van der Waals surface area (Å²) < 4.78 is 34.5. The number of thioether (sulfide) groups is 1. The van der Waals surface area contributed by atoms with Crippen molar-refractivity contribution in [2.24, 2.45) is 0 Å². The summed E-state index contributed by atoms with van der Waals surface area (Å²) >= 11 is 1.65. The van der Waals surface area contributed by atoms with E-state index in [1.807, 2.05) is 19.9 Å². The molecular weight excluding hydrogens is 408 g/mol. The number of benzene rings is 1. The zero-order chi connectivity index (χ0) is 21.4. The van der Waals surface area contributed by atoms with Crippen LogP contribution in [0.15, 0.2) is 34.3 Å². The second-order valence-electron chi connectivity index (χ2n) is 6.75. The lowest BCUT2D eigenvalue weighted by molar-refractivity contribution is 0.200. The minimum absolute atomic E-state index is 0.202. The minimum atomic E-state index is -3.53. The van der Waals surface area contributed by atoms with Gasteiger partial charge in [-0.2, -0.15) is 4.31 Å². The van der Waals surface area contributed by atoms with E-state index in [9.17, 15) is 8.42 Å². The van der Waals surface area contributed by atoms with Gasteiger partial charge in [-0.25, -0.2) is 8.42 Å². The smallest absolute Gasteiger partial charge is 0.243 e. The van der Waals surface area contributed by atoms with Crippen molar-refractivity contribution in [3.05, 3.63) is 24.3 Å². The number of aromatic nitrogens is 3. The van der Waals surface area contributed by atoms with Gasteiger partial charge in [0.25, 0.3) is 0 Å². The van der Waals surface area contributed by atoms with Crippen LogP contribution in [-0.2, 0) is 14.8 Å². The van der Waals surface area contributed by atoms with Crippen LogP contribution < -0.4 is 0 Å². The fourth-order valence-electron chi connectivity index (χ4n) is 3.03. The van der Waals surface area contributed by atoms with Crippen LogP contribution in [0.2, 0.25) is 0 Å². The van der Waals surface area contributed by atoms with Crippen molar-refractivity contribution in [2.75, 3.05) is 32.6 Å². The van der Waals surface area contributed by atoms with Gasteiger partial charge in [0.1, 0.15) is 0 Å². The molecule has 0 saturated heterocycles. The first-order valence-electron chi connectivity index (χ1n) is 10.1. The van der Waals surface area contributed by atoms with E-state index in [1.54, 1.807) is 37.1 Å². The first-order valence-corrected chi connectivity index (χ1v) is 12.5. The maximum Gasteiger partial charge on any atom is 0.243 e.